The summed E-state index contributed by atoms with van der Waals surface area (Å²) in [5.41, 5.74) is 5.95. The standard InChI is InChI=1S/C27H30FNO2/c1-5-8-19-11-17(3)26(21(6-2)12-19)27-18(4)22(14-24(27)30)15-25(31)29-16-20-9-7-10-23(28)13-20/h5,7-13,22,27H,4,6,14-16H2,1-3H3,(H,29,31)/b8-5+. The van der Waals surface area contributed by atoms with E-state index in [0.717, 1.165) is 34.2 Å². The first kappa shape index (κ1) is 22.7. The quantitative estimate of drug-likeness (QED) is 0.588. The first-order valence-electron chi connectivity index (χ1n) is 10.8. The van der Waals surface area contributed by atoms with Crippen molar-refractivity contribution in [2.75, 3.05) is 0 Å². The average molecular weight is 420 g/mol. The first-order chi connectivity index (χ1) is 14.8. The van der Waals surface area contributed by atoms with Crippen LogP contribution < -0.4 is 5.32 Å². The van der Waals surface area contributed by atoms with Crippen molar-refractivity contribution in [1.29, 1.82) is 0 Å². The lowest BCUT2D eigenvalue weighted by atomic mass is 9.83. The van der Waals surface area contributed by atoms with Crippen LogP contribution in [0.2, 0.25) is 0 Å². The number of Topliss-reactive ketones (excluding diaryl/α,β-unsaturated/α-hetero) is 1. The molecule has 0 aromatic heterocycles. The largest absolute Gasteiger partial charge is 0.352 e. The molecule has 2 atom stereocenters. The van der Waals surface area contributed by atoms with Gasteiger partial charge in [-0.1, -0.05) is 55.5 Å². The molecular weight excluding hydrogens is 389 g/mol. The number of benzene rings is 2. The van der Waals surface area contributed by atoms with Crippen molar-refractivity contribution in [3.8, 4) is 0 Å². The van der Waals surface area contributed by atoms with Gasteiger partial charge >= 0.3 is 0 Å². The lowest BCUT2D eigenvalue weighted by molar-refractivity contribution is -0.122. The number of carbonyl (C=O) groups excluding carboxylic acids is 2. The molecular formula is C27H30FNO2. The van der Waals surface area contributed by atoms with Crippen molar-refractivity contribution in [2.45, 2.75) is 52.5 Å². The molecule has 0 bridgehead atoms. The summed E-state index contributed by atoms with van der Waals surface area (Å²) in [6.45, 7) is 10.6. The van der Waals surface area contributed by atoms with E-state index in [1.807, 2.05) is 19.9 Å². The normalized spacial score (nSPS) is 18.7. The molecule has 1 aliphatic rings. The molecule has 1 fully saturated rings. The Morgan fingerprint density at radius 3 is 2.74 bits per heavy atom. The number of rotatable bonds is 7. The lowest BCUT2D eigenvalue weighted by Gasteiger charge is -2.20. The summed E-state index contributed by atoms with van der Waals surface area (Å²) in [5.74, 6) is -0.879. The number of allylic oxidation sites excluding steroid dienone is 2. The summed E-state index contributed by atoms with van der Waals surface area (Å²) in [6.07, 6.45) is 5.44. The van der Waals surface area contributed by atoms with Crippen molar-refractivity contribution >= 4 is 17.8 Å². The van der Waals surface area contributed by atoms with Crippen LogP contribution in [0.25, 0.3) is 6.08 Å². The number of halogens is 1. The summed E-state index contributed by atoms with van der Waals surface area (Å²) < 4.78 is 13.3. The summed E-state index contributed by atoms with van der Waals surface area (Å²) in [5, 5.41) is 2.83. The van der Waals surface area contributed by atoms with E-state index < -0.39 is 0 Å². The van der Waals surface area contributed by atoms with Crippen LogP contribution in [0.5, 0.6) is 0 Å². The number of hydrogen-bond acceptors (Lipinski definition) is 2. The highest BCUT2D eigenvalue weighted by Gasteiger charge is 2.39. The van der Waals surface area contributed by atoms with E-state index in [4.69, 9.17) is 0 Å². The molecule has 2 aromatic carbocycles. The number of nitrogens with one attached hydrogen (secondary N) is 1. The molecule has 162 valence electrons. The molecule has 1 saturated carbocycles. The maximum absolute atomic E-state index is 13.3. The highest BCUT2D eigenvalue weighted by Crippen LogP contribution is 2.43. The molecule has 2 aromatic rings. The van der Waals surface area contributed by atoms with Crippen LogP contribution in [0, 0.1) is 18.7 Å². The Morgan fingerprint density at radius 1 is 1.29 bits per heavy atom. The minimum absolute atomic E-state index is 0.129. The van der Waals surface area contributed by atoms with E-state index in [1.54, 1.807) is 12.1 Å². The Bertz CT molecular complexity index is 1040. The van der Waals surface area contributed by atoms with E-state index >= 15 is 0 Å². The Labute approximate surface area is 184 Å². The van der Waals surface area contributed by atoms with Gasteiger partial charge in [-0.2, -0.15) is 0 Å². The summed E-state index contributed by atoms with van der Waals surface area (Å²) in [6, 6.07) is 10.4. The number of amides is 1. The number of carbonyl (C=O) groups is 2. The van der Waals surface area contributed by atoms with Gasteiger partial charge in [0.25, 0.3) is 0 Å². The van der Waals surface area contributed by atoms with E-state index in [9.17, 15) is 14.0 Å². The van der Waals surface area contributed by atoms with Crippen molar-refractivity contribution in [3.05, 3.63) is 88.3 Å². The molecule has 3 nitrogen and oxygen atoms in total. The van der Waals surface area contributed by atoms with E-state index in [0.29, 0.717) is 12.0 Å². The van der Waals surface area contributed by atoms with Gasteiger partial charge in [0.1, 0.15) is 11.6 Å². The predicted octanol–water partition coefficient (Wildman–Crippen LogP) is 5.66. The third-order valence-corrected chi connectivity index (χ3v) is 6.00. The van der Waals surface area contributed by atoms with Gasteiger partial charge in [0.15, 0.2) is 0 Å². The van der Waals surface area contributed by atoms with Crippen LogP contribution >= 0.6 is 0 Å². The molecule has 0 spiro atoms. The molecule has 0 aliphatic heterocycles. The summed E-state index contributed by atoms with van der Waals surface area (Å²) in [4.78, 5) is 25.5. The van der Waals surface area contributed by atoms with Crippen molar-refractivity contribution < 1.29 is 14.0 Å². The Hall–Kier alpha value is -3.01. The molecule has 2 unspecified atom stereocenters. The van der Waals surface area contributed by atoms with Crippen LogP contribution in [0.3, 0.4) is 0 Å². The SMILES string of the molecule is C=C1C(CC(=O)NCc2cccc(F)c2)CC(=O)C1c1c(C)cc(/C=C/C)cc1CC. The zero-order valence-corrected chi connectivity index (χ0v) is 18.5. The third kappa shape index (κ3) is 5.19. The summed E-state index contributed by atoms with van der Waals surface area (Å²) in [7, 11) is 0. The fourth-order valence-corrected chi connectivity index (χ4v) is 4.52. The zero-order chi connectivity index (χ0) is 22.5. The molecule has 1 N–H and O–H groups in total. The Kier molecular flexibility index (Phi) is 7.21. The molecule has 1 amide bonds. The van der Waals surface area contributed by atoms with Crippen molar-refractivity contribution in [3.63, 3.8) is 0 Å². The van der Waals surface area contributed by atoms with Gasteiger partial charge in [-0.05, 0) is 66.1 Å². The molecule has 31 heavy (non-hydrogen) atoms. The fourth-order valence-electron chi connectivity index (χ4n) is 4.52. The monoisotopic (exact) mass is 419 g/mol. The maximum atomic E-state index is 13.3. The number of aryl methyl sites for hydroxylation is 2. The third-order valence-electron chi connectivity index (χ3n) is 6.00. The van der Waals surface area contributed by atoms with Gasteiger partial charge in [0, 0.05) is 19.4 Å². The van der Waals surface area contributed by atoms with Crippen molar-refractivity contribution in [1.82, 2.24) is 5.32 Å². The highest BCUT2D eigenvalue weighted by atomic mass is 19.1. The first-order valence-corrected chi connectivity index (χ1v) is 10.8. The van der Waals surface area contributed by atoms with Gasteiger partial charge in [-0.3, -0.25) is 9.59 Å². The van der Waals surface area contributed by atoms with E-state index in [1.165, 1.54) is 12.1 Å². The second-order valence-electron chi connectivity index (χ2n) is 8.25. The molecule has 0 saturated heterocycles. The number of ketones is 1. The molecule has 0 heterocycles. The smallest absolute Gasteiger partial charge is 0.220 e. The zero-order valence-electron chi connectivity index (χ0n) is 18.5. The van der Waals surface area contributed by atoms with E-state index in [2.05, 4.69) is 37.0 Å². The molecule has 0 radical (unpaired) electrons. The van der Waals surface area contributed by atoms with Crippen LogP contribution in [-0.2, 0) is 22.6 Å². The van der Waals surface area contributed by atoms with Gasteiger partial charge < -0.3 is 5.32 Å². The Morgan fingerprint density at radius 2 is 2.06 bits per heavy atom. The Balaban J connectivity index is 1.73. The minimum Gasteiger partial charge on any atom is -0.352 e. The minimum atomic E-state index is -0.351. The van der Waals surface area contributed by atoms with Crippen LogP contribution in [0.15, 0.2) is 54.6 Å². The molecule has 3 rings (SSSR count). The second-order valence-corrected chi connectivity index (χ2v) is 8.25. The van der Waals surface area contributed by atoms with Gasteiger partial charge in [-0.25, -0.2) is 4.39 Å². The maximum Gasteiger partial charge on any atom is 0.220 e. The van der Waals surface area contributed by atoms with Crippen LogP contribution in [0.1, 0.15) is 60.4 Å². The van der Waals surface area contributed by atoms with Gasteiger partial charge in [-0.15, -0.1) is 0 Å². The lowest BCUT2D eigenvalue weighted by Crippen LogP contribution is -2.25. The number of hydrogen-bond donors (Lipinski definition) is 1. The second kappa shape index (κ2) is 9.86. The van der Waals surface area contributed by atoms with Gasteiger partial charge in [0.2, 0.25) is 5.91 Å². The van der Waals surface area contributed by atoms with Gasteiger partial charge in [0.05, 0.1) is 5.92 Å². The predicted molar refractivity (Wildman–Crippen MR) is 123 cm³/mol. The van der Waals surface area contributed by atoms with Crippen LogP contribution in [-0.4, -0.2) is 11.7 Å². The summed E-state index contributed by atoms with van der Waals surface area (Å²) >= 11 is 0. The average Bonchev–Trinajstić information content (AvgIpc) is 2.99. The molecule has 1 aliphatic carbocycles. The topological polar surface area (TPSA) is 46.2 Å². The molecule has 4 heteroatoms. The van der Waals surface area contributed by atoms with Crippen LogP contribution in [0.4, 0.5) is 4.39 Å². The van der Waals surface area contributed by atoms with E-state index in [-0.39, 0.29) is 42.3 Å². The highest BCUT2D eigenvalue weighted by molar-refractivity contribution is 5.94. The fraction of sp³-hybridized carbons (Fsp3) is 0.333. The van der Waals surface area contributed by atoms with Crippen molar-refractivity contribution in [2.24, 2.45) is 5.92 Å².